The Bertz CT molecular complexity index is 1020. The Labute approximate surface area is 153 Å². The maximum absolute atomic E-state index is 12.7. The summed E-state index contributed by atoms with van der Waals surface area (Å²) in [6.45, 7) is 3.31. The number of nitrogen functional groups attached to an aromatic ring is 1. The molecule has 0 amide bonds. The van der Waals surface area contributed by atoms with Crippen molar-refractivity contribution >= 4 is 27.3 Å². The first-order valence-electron chi connectivity index (χ1n) is 8.17. The van der Waals surface area contributed by atoms with E-state index >= 15 is 0 Å². The number of hydrogen-bond acceptors (Lipinski definition) is 6. The fourth-order valence-corrected chi connectivity index (χ4v) is 3.72. The van der Waals surface area contributed by atoms with Gasteiger partial charge in [-0.1, -0.05) is 42.5 Å². The average Bonchev–Trinajstić information content (AvgIpc) is 2.63. The van der Waals surface area contributed by atoms with E-state index in [1.807, 2.05) is 30.3 Å². The second-order valence-electron chi connectivity index (χ2n) is 6.07. The number of hydrogen-bond donors (Lipinski definition) is 2. The van der Waals surface area contributed by atoms with Crippen molar-refractivity contribution in [2.24, 2.45) is 0 Å². The van der Waals surface area contributed by atoms with Gasteiger partial charge in [0.2, 0.25) is 5.95 Å². The van der Waals surface area contributed by atoms with Crippen LogP contribution in [0, 0.1) is 0 Å². The molecular weight excluding hydrogens is 348 g/mol. The summed E-state index contributed by atoms with van der Waals surface area (Å²) in [5.74, 6) is 0.562. The fraction of sp³-hybridized carbons (Fsp3) is 0.158. The lowest BCUT2D eigenvalue weighted by Gasteiger charge is -2.16. The molecule has 1 aromatic heterocycles. The molecule has 0 saturated carbocycles. The highest BCUT2D eigenvalue weighted by Crippen LogP contribution is 2.32. The Morgan fingerprint density at radius 2 is 1.65 bits per heavy atom. The number of nitrogens with two attached hydrogens (primary N) is 1. The lowest BCUT2D eigenvalue weighted by Crippen LogP contribution is -2.16. The number of nitrogens with zero attached hydrogens (tertiary/aromatic N) is 2. The standard InChI is InChI=1S/C19H20N4O2S/c1-13(2)26(24,25)17-11-7-6-10-16(17)22-18-15(12-21-19(20)23-18)14-8-4-3-5-9-14/h3-13H,1-2H3,(H3,20,21,22,23). The summed E-state index contributed by atoms with van der Waals surface area (Å²) in [4.78, 5) is 8.57. The quantitative estimate of drug-likeness (QED) is 0.713. The molecule has 26 heavy (non-hydrogen) atoms. The molecule has 0 aliphatic carbocycles. The summed E-state index contributed by atoms with van der Waals surface area (Å²) in [6, 6.07) is 16.4. The van der Waals surface area contributed by atoms with Crippen LogP contribution >= 0.6 is 0 Å². The zero-order valence-corrected chi connectivity index (χ0v) is 15.4. The van der Waals surface area contributed by atoms with E-state index in [1.54, 1.807) is 44.3 Å². The Balaban J connectivity index is 2.11. The summed E-state index contributed by atoms with van der Waals surface area (Å²) in [6.07, 6.45) is 1.62. The van der Waals surface area contributed by atoms with E-state index in [0.29, 0.717) is 11.5 Å². The van der Waals surface area contributed by atoms with E-state index in [4.69, 9.17) is 5.73 Å². The van der Waals surface area contributed by atoms with E-state index < -0.39 is 15.1 Å². The van der Waals surface area contributed by atoms with Gasteiger partial charge in [0.25, 0.3) is 0 Å². The van der Waals surface area contributed by atoms with Crippen molar-refractivity contribution in [1.82, 2.24) is 9.97 Å². The van der Waals surface area contributed by atoms with Gasteiger partial charge in [0, 0.05) is 11.8 Å². The smallest absolute Gasteiger partial charge is 0.221 e. The molecule has 2 aromatic carbocycles. The van der Waals surface area contributed by atoms with E-state index in [1.165, 1.54) is 0 Å². The van der Waals surface area contributed by atoms with Crippen molar-refractivity contribution in [1.29, 1.82) is 0 Å². The molecule has 0 radical (unpaired) electrons. The summed E-state index contributed by atoms with van der Waals surface area (Å²) in [5, 5.41) is 2.60. The topological polar surface area (TPSA) is 98.0 Å². The first-order valence-corrected chi connectivity index (χ1v) is 9.72. The molecule has 0 unspecified atom stereocenters. The van der Waals surface area contributed by atoms with Gasteiger partial charge < -0.3 is 11.1 Å². The molecular formula is C19H20N4O2S. The molecule has 7 heteroatoms. The Morgan fingerprint density at radius 3 is 2.35 bits per heavy atom. The molecule has 1 heterocycles. The SMILES string of the molecule is CC(C)S(=O)(=O)c1ccccc1Nc1nc(N)ncc1-c1ccccc1. The van der Waals surface area contributed by atoms with Crippen molar-refractivity contribution in [2.45, 2.75) is 24.0 Å². The number of para-hydroxylation sites is 1. The van der Waals surface area contributed by atoms with Crippen LogP contribution in [0.4, 0.5) is 17.5 Å². The van der Waals surface area contributed by atoms with Crippen LogP contribution in [0.2, 0.25) is 0 Å². The van der Waals surface area contributed by atoms with Crippen LogP contribution in [0.5, 0.6) is 0 Å². The van der Waals surface area contributed by atoms with Crippen LogP contribution < -0.4 is 11.1 Å². The van der Waals surface area contributed by atoms with Crippen molar-refractivity contribution in [3.63, 3.8) is 0 Å². The predicted molar refractivity (Wildman–Crippen MR) is 104 cm³/mol. The van der Waals surface area contributed by atoms with Crippen molar-refractivity contribution in [3.05, 3.63) is 60.8 Å². The Hall–Kier alpha value is -2.93. The zero-order chi connectivity index (χ0) is 18.7. The highest BCUT2D eigenvalue weighted by Gasteiger charge is 2.23. The molecule has 0 aliphatic rings. The average molecular weight is 368 g/mol. The number of aromatic nitrogens is 2. The van der Waals surface area contributed by atoms with Crippen molar-refractivity contribution in [2.75, 3.05) is 11.1 Å². The minimum atomic E-state index is -3.45. The van der Waals surface area contributed by atoms with Gasteiger partial charge in [-0.2, -0.15) is 4.98 Å². The summed E-state index contributed by atoms with van der Waals surface area (Å²) in [5.41, 5.74) is 7.84. The van der Waals surface area contributed by atoms with Gasteiger partial charge in [0.15, 0.2) is 9.84 Å². The normalized spacial score (nSPS) is 11.5. The van der Waals surface area contributed by atoms with Crippen LogP contribution in [-0.2, 0) is 9.84 Å². The van der Waals surface area contributed by atoms with E-state index in [2.05, 4.69) is 15.3 Å². The molecule has 0 bridgehead atoms. The van der Waals surface area contributed by atoms with Gasteiger partial charge in [-0.05, 0) is 31.5 Å². The highest BCUT2D eigenvalue weighted by molar-refractivity contribution is 7.92. The minimum absolute atomic E-state index is 0.108. The third-order valence-corrected chi connectivity index (χ3v) is 6.17. The Morgan fingerprint density at radius 1 is 1.00 bits per heavy atom. The van der Waals surface area contributed by atoms with Gasteiger partial charge in [-0.3, -0.25) is 0 Å². The molecule has 134 valence electrons. The van der Waals surface area contributed by atoms with Gasteiger partial charge in [-0.25, -0.2) is 13.4 Å². The summed E-state index contributed by atoms with van der Waals surface area (Å²) >= 11 is 0. The van der Waals surface area contributed by atoms with Crippen LogP contribution in [0.1, 0.15) is 13.8 Å². The maximum atomic E-state index is 12.7. The monoisotopic (exact) mass is 368 g/mol. The second kappa shape index (κ2) is 7.13. The van der Waals surface area contributed by atoms with Crippen LogP contribution in [0.15, 0.2) is 65.7 Å². The van der Waals surface area contributed by atoms with Crippen LogP contribution in [0.25, 0.3) is 11.1 Å². The van der Waals surface area contributed by atoms with Crippen molar-refractivity contribution in [3.8, 4) is 11.1 Å². The molecule has 6 nitrogen and oxygen atoms in total. The Kier molecular flexibility index (Phi) is 4.90. The number of anilines is 3. The summed E-state index contributed by atoms with van der Waals surface area (Å²) < 4.78 is 25.3. The predicted octanol–water partition coefficient (Wildman–Crippen LogP) is 3.65. The zero-order valence-electron chi connectivity index (χ0n) is 14.5. The minimum Gasteiger partial charge on any atom is -0.368 e. The lowest BCUT2D eigenvalue weighted by atomic mass is 10.1. The van der Waals surface area contributed by atoms with E-state index in [9.17, 15) is 8.42 Å². The maximum Gasteiger partial charge on any atom is 0.221 e. The first-order chi connectivity index (χ1) is 12.4. The molecule has 0 atom stereocenters. The molecule has 0 spiro atoms. The largest absolute Gasteiger partial charge is 0.368 e. The third-order valence-electron chi connectivity index (χ3n) is 3.96. The van der Waals surface area contributed by atoms with Gasteiger partial charge in [0.05, 0.1) is 15.8 Å². The number of benzene rings is 2. The number of nitrogens with one attached hydrogen (secondary N) is 1. The molecule has 3 N–H and O–H groups in total. The van der Waals surface area contributed by atoms with Gasteiger partial charge >= 0.3 is 0 Å². The van der Waals surface area contributed by atoms with Crippen molar-refractivity contribution < 1.29 is 8.42 Å². The number of sulfone groups is 1. The van der Waals surface area contributed by atoms with E-state index in [-0.39, 0.29) is 10.8 Å². The summed E-state index contributed by atoms with van der Waals surface area (Å²) in [7, 11) is -3.45. The van der Waals surface area contributed by atoms with Gasteiger partial charge in [0.1, 0.15) is 5.82 Å². The fourth-order valence-electron chi connectivity index (χ4n) is 2.52. The molecule has 3 rings (SSSR count). The highest BCUT2D eigenvalue weighted by atomic mass is 32.2. The molecule has 0 saturated heterocycles. The third kappa shape index (κ3) is 3.52. The van der Waals surface area contributed by atoms with Crippen LogP contribution in [0.3, 0.4) is 0 Å². The van der Waals surface area contributed by atoms with Crippen LogP contribution in [-0.4, -0.2) is 23.6 Å². The molecule has 0 fully saturated rings. The lowest BCUT2D eigenvalue weighted by molar-refractivity contribution is 0.588. The van der Waals surface area contributed by atoms with Gasteiger partial charge in [-0.15, -0.1) is 0 Å². The second-order valence-corrected chi connectivity index (χ2v) is 8.54. The first kappa shape index (κ1) is 17.9. The molecule has 0 aliphatic heterocycles. The number of rotatable bonds is 5. The molecule has 3 aromatic rings. The van der Waals surface area contributed by atoms with E-state index in [0.717, 1.165) is 11.1 Å².